The van der Waals surface area contributed by atoms with Crippen LogP contribution in [-0.4, -0.2) is 116 Å². The van der Waals surface area contributed by atoms with Crippen LogP contribution in [-0.2, 0) is 44.7 Å². The highest BCUT2D eigenvalue weighted by Gasteiger charge is 2.46. The fourth-order valence-corrected chi connectivity index (χ4v) is 6.50. The van der Waals surface area contributed by atoms with Crippen LogP contribution in [0.1, 0.15) is 70.5 Å². The molecule has 55 heavy (non-hydrogen) atoms. The molecule has 0 saturated carbocycles. The maximum absolute atomic E-state index is 14.3. The standard InChI is InChI=1S/C40H54N6O9/c1-7-13-29(34(49)37(51)41-23-32(48)43-33(38(52)45(5)6)26-15-9-8-10-16-26)42-36(50)30-22-28-24-46(30)39(53)35(40(2,3)4)44-31(47)21-25-14-11-17-27(20-25)54-18-12-19-55-28/h8-11,14-17,20,28-30,33,35H,7,12-13,18-19,21-24H2,1-6H3,(H,41,51)(H,42,50)(H,43,48)(H,44,47)/t28?,29-,30-,33-,35+/m0/s1. The molecule has 4 N–H and O–H groups in total. The van der Waals surface area contributed by atoms with Crippen LogP contribution in [0.2, 0.25) is 0 Å². The number of nitrogens with one attached hydrogen (secondary N) is 4. The van der Waals surface area contributed by atoms with Gasteiger partial charge in [0.15, 0.2) is 0 Å². The number of benzene rings is 2. The Bertz CT molecular complexity index is 1710. The van der Waals surface area contributed by atoms with E-state index in [1.165, 1.54) is 9.80 Å². The normalized spacial score (nSPS) is 20.3. The third-order valence-corrected chi connectivity index (χ3v) is 9.41. The number of Topliss-reactive ketones (excluding diaryl/α,β-unsaturated/α-hetero) is 1. The van der Waals surface area contributed by atoms with E-state index in [1.807, 2.05) is 20.8 Å². The average Bonchev–Trinajstić information content (AvgIpc) is 3.58. The second-order valence-electron chi connectivity index (χ2n) is 15.2. The predicted molar refractivity (Wildman–Crippen MR) is 202 cm³/mol. The largest absolute Gasteiger partial charge is 0.493 e. The van der Waals surface area contributed by atoms with Gasteiger partial charge < -0.3 is 40.5 Å². The molecule has 0 aromatic heterocycles. The zero-order valence-electron chi connectivity index (χ0n) is 32.5. The zero-order valence-corrected chi connectivity index (χ0v) is 32.5. The Morgan fingerprint density at radius 2 is 1.71 bits per heavy atom. The molecule has 4 rings (SSSR count). The molecule has 2 heterocycles. The molecule has 2 aliphatic rings. The van der Waals surface area contributed by atoms with E-state index < -0.39 is 71.6 Å². The molecule has 1 unspecified atom stereocenters. The molecule has 0 radical (unpaired) electrons. The van der Waals surface area contributed by atoms with E-state index in [0.717, 1.165) is 0 Å². The van der Waals surface area contributed by atoms with Gasteiger partial charge in [0.25, 0.3) is 5.91 Å². The summed E-state index contributed by atoms with van der Waals surface area (Å²) >= 11 is 0. The van der Waals surface area contributed by atoms with Crippen molar-refractivity contribution in [2.75, 3.05) is 40.4 Å². The predicted octanol–water partition coefficient (Wildman–Crippen LogP) is 1.44. The van der Waals surface area contributed by atoms with Gasteiger partial charge in [-0.1, -0.05) is 76.6 Å². The number of carbonyl (C=O) groups is 7. The van der Waals surface area contributed by atoms with Crippen molar-refractivity contribution in [3.8, 4) is 5.75 Å². The topological polar surface area (TPSA) is 193 Å². The van der Waals surface area contributed by atoms with Gasteiger partial charge in [-0.05, 0) is 35.1 Å². The van der Waals surface area contributed by atoms with Gasteiger partial charge in [0.2, 0.25) is 35.3 Å². The molecular weight excluding hydrogens is 708 g/mol. The minimum Gasteiger partial charge on any atom is -0.493 e. The lowest BCUT2D eigenvalue weighted by Gasteiger charge is -2.35. The van der Waals surface area contributed by atoms with Gasteiger partial charge in [0.05, 0.1) is 38.3 Å². The number of hydrogen-bond acceptors (Lipinski definition) is 9. The first kappa shape index (κ1) is 42.4. The SMILES string of the molecule is CCC[C@H](NC(=O)[C@@H]1CC2CN1C(=O)[C@H](C(C)(C)C)NC(=O)Cc1cccc(c1)OCCCO2)C(=O)C(=O)NCC(=O)N[C@H](C(=O)N(C)C)c1ccccc1. The molecule has 0 spiro atoms. The molecule has 298 valence electrons. The van der Waals surface area contributed by atoms with E-state index in [-0.39, 0.29) is 37.6 Å². The van der Waals surface area contributed by atoms with E-state index in [1.54, 1.807) is 75.6 Å². The van der Waals surface area contributed by atoms with Crippen LogP contribution in [0.4, 0.5) is 0 Å². The molecule has 15 nitrogen and oxygen atoms in total. The Hall–Kier alpha value is -5.31. The van der Waals surface area contributed by atoms with Crippen LogP contribution in [0, 0.1) is 5.41 Å². The van der Waals surface area contributed by atoms with Crippen LogP contribution in [0.3, 0.4) is 0 Å². The van der Waals surface area contributed by atoms with Crippen LogP contribution in [0.15, 0.2) is 54.6 Å². The monoisotopic (exact) mass is 762 g/mol. The van der Waals surface area contributed by atoms with Crippen molar-refractivity contribution in [2.24, 2.45) is 5.41 Å². The second kappa shape index (κ2) is 19.3. The Morgan fingerprint density at radius 1 is 0.982 bits per heavy atom. The highest BCUT2D eigenvalue weighted by molar-refractivity contribution is 6.38. The summed E-state index contributed by atoms with van der Waals surface area (Å²) in [5, 5.41) is 10.5. The smallest absolute Gasteiger partial charge is 0.290 e. The summed E-state index contributed by atoms with van der Waals surface area (Å²) in [5.74, 6) is -4.03. The summed E-state index contributed by atoms with van der Waals surface area (Å²) in [4.78, 5) is 96.5. The molecule has 2 aromatic carbocycles. The van der Waals surface area contributed by atoms with Crippen molar-refractivity contribution in [2.45, 2.75) is 90.1 Å². The number of ketones is 1. The summed E-state index contributed by atoms with van der Waals surface area (Å²) in [6.45, 7) is 7.37. The van der Waals surface area contributed by atoms with Gasteiger partial charge in [0.1, 0.15) is 23.9 Å². The summed E-state index contributed by atoms with van der Waals surface area (Å²) < 4.78 is 12.0. The summed E-state index contributed by atoms with van der Waals surface area (Å²) in [5.41, 5.74) is 0.513. The molecule has 6 amide bonds. The Morgan fingerprint density at radius 3 is 2.38 bits per heavy atom. The fourth-order valence-electron chi connectivity index (χ4n) is 6.50. The molecular formula is C40H54N6O9. The summed E-state index contributed by atoms with van der Waals surface area (Å²) in [6, 6.07) is 11.5. The van der Waals surface area contributed by atoms with Crippen molar-refractivity contribution in [1.82, 2.24) is 31.1 Å². The molecule has 1 saturated heterocycles. The number of nitrogens with zero attached hydrogens (tertiary/aromatic N) is 2. The van der Waals surface area contributed by atoms with Gasteiger partial charge in [-0.15, -0.1) is 0 Å². The highest BCUT2D eigenvalue weighted by atomic mass is 16.5. The number of hydrogen-bond donors (Lipinski definition) is 4. The molecule has 1 fully saturated rings. The molecule has 4 bridgehead atoms. The lowest BCUT2D eigenvalue weighted by Crippen LogP contribution is -2.59. The van der Waals surface area contributed by atoms with Crippen molar-refractivity contribution >= 4 is 41.2 Å². The molecule has 2 aromatic rings. The van der Waals surface area contributed by atoms with E-state index in [2.05, 4.69) is 21.3 Å². The lowest BCUT2D eigenvalue weighted by molar-refractivity contribution is -0.145. The quantitative estimate of drug-likeness (QED) is 0.246. The van der Waals surface area contributed by atoms with Crippen molar-refractivity contribution in [3.63, 3.8) is 0 Å². The van der Waals surface area contributed by atoms with Crippen molar-refractivity contribution < 1.29 is 43.0 Å². The maximum Gasteiger partial charge on any atom is 0.290 e. The van der Waals surface area contributed by atoms with E-state index in [0.29, 0.717) is 42.9 Å². The average molecular weight is 763 g/mol. The first-order chi connectivity index (χ1) is 26.1. The Labute approximate surface area is 322 Å². The Balaban J connectivity index is 1.47. The van der Waals surface area contributed by atoms with Crippen LogP contribution >= 0.6 is 0 Å². The van der Waals surface area contributed by atoms with Gasteiger partial charge in [-0.25, -0.2) is 0 Å². The number of rotatable bonds is 11. The number of fused-ring (bicyclic) bond motifs is 4. The van der Waals surface area contributed by atoms with Crippen molar-refractivity contribution in [1.29, 1.82) is 0 Å². The molecule has 2 aliphatic heterocycles. The van der Waals surface area contributed by atoms with E-state index in [4.69, 9.17) is 9.47 Å². The third kappa shape index (κ3) is 11.8. The first-order valence-corrected chi connectivity index (χ1v) is 18.7. The fraction of sp³-hybridized carbons (Fsp3) is 0.525. The molecule has 5 atom stereocenters. The van der Waals surface area contributed by atoms with Crippen molar-refractivity contribution in [3.05, 3.63) is 65.7 Å². The maximum atomic E-state index is 14.3. The number of ether oxygens (including phenoxy) is 2. The Kier molecular flexibility index (Phi) is 14.9. The number of carbonyl (C=O) groups excluding carboxylic acids is 7. The summed E-state index contributed by atoms with van der Waals surface area (Å²) in [6.07, 6.45) is 0.692. The van der Waals surface area contributed by atoms with Crippen LogP contribution < -0.4 is 26.0 Å². The second-order valence-corrected chi connectivity index (χ2v) is 15.2. The zero-order chi connectivity index (χ0) is 40.3. The molecule has 0 aliphatic carbocycles. The third-order valence-electron chi connectivity index (χ3n) is 9.41. The minimum atomic E-state index is -1.25. The minimum absolute atomic E-state index is 0.0130. The van der Waals surface area contributed by atoms with E-state index in [9.17, 15) is 33.6 Å². The summed E-state index contributed by atoms with van der Waals surface area (Å²) in [7, 11) is 3.11. The van der Waals surface area contributed by atoms with Gasteiger partial charge in [0, 0.05) is 33.5 Å². The van der Waals surface area contributed by atoms with Crippen LogP contribution in [0.25, 0.3) is 0 Å². The van der Waals surface area contributed by atoms with E-state index >= 15 is 0 Å². The lowest BCUT2D eigenvalue weighted by atomic mass is 9.85. The molecule has 15 heteroatoms. The number of amides is 6. The number of likely N-dealkylation sites (N-methyl/N-ethyl adjacent to an activating group) is 1. The first-order valence-electron chi connectivity index (χ1n) is 18.7. The highest BCUT2D eigenvalue weighted by Crippen LogP contribution is 2.28. The van der Waals surface area contributed by atoms with Gasteiger partial charge >= 0.3 is 0 Å². The van der Waals surface area contributed by atoms with Gasteiger partial charge in [-0.3, -0.25) is 33.6 Å². The van der Waals surface area contributed by atoms with Gasteiger partial charge in [-0.2, -0.15) is 0 Å². The van der Waals surface area contributed by atoms with Crippen LogP contribution in [0.5, 0.6) is 5.75 Å².